The molecule has 5 aromatic rings. The lowest BCUT2D eigenvalue weighted by atomic mass is 10.0. The molecule has 2 heterocycles. The number of ether oxygens (including phenoxy) is 5. The Kier molecular flexibility index (Phi) is 21.7. The lowest BCUT2D eigenvalue weighted by Crippen LogP contribution is -2.36. The first kappa shape index (κ1) is 59.2. The standard InChI is InChI=1S/C57H68ClF3N10O8/c1-38-48(17-18-53(38)72)68-50-15-9-39(32-47(50)58)56(74)67-42-11-13-45(14-12-42)79-36-41(62)35-70(63)25-27-77-29-31-78-30-28-76-26-22-65-55(73)40-10-16-51(54(33-40)75-3)64-21-5-6-44-34-46-49(66-43-19-23-69(2)24-20-43)7-4-8-52(46)71(44)37-57(59,60)61/h4,7-16,32-35,43,64,66,68H,17-31,36-37,62-63H2,1-3H3,(H,65,73)(H,67,74)/b41-35-. The van der Waals surface area contributed by atoms with Gasteiger partial charge in [0.15, 0.2) is 5.78 Å². The number of hydrogen-bond donors (Lipinski definition) is 7. The van der Waals surface area contributed by atoms with Crippen LogP contribution in [0.4, 0.5) is 35.9 Å². The molecule has 1 aromatic heterocycles. The molecule has 2 aliphatic rings. The number of nitrogens with one attached hydrogen (secondary N) is 5. The topological polar surface area (TPSA) is 221 Å². The van der Waals surface area contributed by atoms with E-state index in [9.17, 15) is 27.6 Å². The van der Waals surface area contributed by atoms with Crippen molar-refractivity contribution in [1.29, 1.82) is 0 Å². The van der Waals surface area contributed by atoms with E-state index in [1.54, 1.807) is 92.0 Å². The molecule has 422 valence electrons. The van der Waals surface area contributed by atoms with Crippen molar-refractivity contribution in [1.82, 2.24) is 19.8 Å². The van der Waals surface area contributed by atoms with Crippen molar-refractivity contribution < 1.29 is 51.2 Å². The first-order chi connectivity index (χ1) is 38.0. The van der Waals surface area contributed by atoms with Gasteiger partial charge in [0.1, 0.15) is 24.7 Å². The maximum absolute atomic E-state index is 13.8. The second kappa shape index (κ2) is 29.0. The molecule has 0 atom stereocenters. The van der Waals surface area contributed by atoms with Gasteiger partial charge in [0, 0.05) is 64.4 Å². The Bertz CT molecular complexity index is 3020. The number of carbonyl (C=O) groups is 3. The van der Waals surface area contributed by atoms with Crippen LogP contribution in [0.5, 0.6) is 11.5 Å². The molecule has 1 aliphatic carbocycles. The molecule has 22 heteroatoms. The minimum atomic E-state index is -4.44. The Labute approximate surface area is 462 Å². The fourth-order valence-corrected chi connectivity index (χ4v) is 8.95. The fourth-order valence-electron chi connectivity index (χ4n) is 8.72. The molecule has 1 fully saturated rings. The highest BCUT2D eigenvalue weighted by Crippen LogP contribution is 2.33. The van der Waals surface area contributed by atoms with Crippen molar-refractivity contribution >= 4 is 62.9 Å². The summed E-state index contributed by atoms with van der Waals surface area (Å²) in [5.41, 5.74) is 12.0. The van der Waals surface area contributed by atoms with Gasteiger partial charge in [-0.1, -0.05) is 23.6 Å². The van der Waals surface area contributed by atoms with Crippen molar-refractivity contribution in [3.8, 4) is 23.3 Å². The number of ketones is 1. The number of hydrazine groups is 1. The third-order valence-electron chi connectivity index (χ3n) is 13.0. The minimum Gasteiger partial charge on any atom is -0.495 e. The first-order valence-corrected chi connectivity index (χ1v) is 26.3. The van der Waals surface area contributed by atoms with Crippen LogP contribution in [0.15, 0.2) is 108 Å². The number of piperidine rings is 1. The Morgan fingerprint density at radius 1 is 0.873 bits per heavy atom. The van der Waals surface area contributed by atoms with Crippen molar-refractivity contribution in [2.75, 3.05) is 114 Å². The molecule has 7 rings (SSSR count). The number of hydrogen-bond acceptors (Lipinski definition) is 15. The van der Waals surface area contributed by atoms with E-state index in [0.717, 1.165) is 37.3 Å². The highest BCUT2D eigenvalue weighted by Gasteiger charge is 2.30. The van der Waals surface area contributed by atoms with Crippen LogP contribution >= 0.6 is 11.6 Å². The number of benzene rings is 4. The van der Waals surface area contributed by atoms with E-state index in [1.165, 1.54) is 16.7 Å². The highest BCUT2D eigenvalue weighted by molar-refractivity contribution is 6.33. The molecule has 0 spiro atoms. The summed E-state index contributed by atoms with van der Waals surface area (Å²) in [6.07, 6.45) is 0.100. The van der Waals surface area contributed by atoms with Crippen LogP contribution in [-0.2, 0) is 25.5 Å². The summed E-state index contributed by atoms with van der Waals surface area (Å²) >= 11 is 6.45. The van der Waals surface area contributed by atoms with E-state index in [0.29, 0.717) is 119 Å². The average molecular weight is 1110 g/mol. The number of carbonyl (C=O) groups excluding carboxylic acids is 3. The number of rotatable bonds is 27. The van der Waals surface area contributed by atoms with Crippen LogP contribution in [0.1, 0.15) is 59.0 Å². The molecule has 0 saturated carbocycles. The van der Waals surface area contributed by atoms with E-state index >= 15 is 0 Å². The first-order valence-electron chi connectivity index (χ1n) is 25.9. The van der Waals surface area contributed by atoms with E-state index in [2.05, 4.69) is 50.4 Å². The zero-order valence-corrected chi connectivity index (χ0v) is 45.3. The molecule has 1 saturated heterocycles. The van der Waals surface area contributed by atoms with Gasteiger partial charge in [0.2, 0.25) is 0 Å². The molecule has 18 nitrogen and oxygen atoms in total. The molecular formula is C57H68ClF3N10O8. The maximum Gasteiger partial charge on any atom is 0.406 e. The molecule has 0 bridgehead atoms. The van der Waals surface area contributed by atoms with Crippen molar-refractivity contribution in [2.45, 2.75) is 51.4 Å². The van der Waals surface area contributed by atoms with E-state index < -0.39 is 12.7 Å². The number of fused-ring (bicyclic) bond motifs is 1. The number of nitrogens with two attached hydrogens (primary N) is 2. The average Bonchev–Trinajstić information content (AvgIpc) is 3.99. The van der Waals surface area contributed by atoms with Gasteiger partial charge in [-0.15, -0.1) is 0 Å². The Balaban J connectivity index is 0.724. The number of amides is 2. The van der Waals surface area contributed by atoms with E-state index in [1.807, 2.05) is 6.07 Å². The Morgan fingerprint density at radius 2 is 1.57 bits per heavy atom. The maximum atomic E-state index is 13.8. The summed E-state index contributed by atoms with van der Waals surface area (Å²) in [6, 6.07) is 24.0. The van der Waals surface area contributed by atoms with Gasteiger partial charge in [-0.3, -0.25) is 14.4 Å². The largest absolute Gasteiger partial charge is 0.495 e. The second-order valence-electron chi connectivity index (χ2n) is 18.9. The van der Waals surface area contributed by atoms with Crippen LogP contribution in [0, 0.1) is 11.8 Å². The lowest BCUT2D eigenvalue weighted by Gasteiger charge is -2.30. The van der Waals surface area contributed by atoms with Gasteiger partial charge in [0.25, 0.3) is 11.8 Å². The summed E-state index contributed by atoms with van der Waals surface area (Å²) in [5, 5.41) is 18.0. The lowest BCUT2D eigenvalue weighted by molar-refractivity contribution is -0.140. The molecule has 1 aliphatic heterocycles. The molecule has 79 heavy (non-hydrogen) atoms. The minimum absolute atomic E-state index is 0.0737. The predicted octanol–water partition coefficient (Wildman–Crippen LogP) is 7.97. The zero-order valence-electron chi connectivity index (χ0n) is 44.5. The number of allylic oxidation sites excluding steroid dienone is 2. The van der Waals surface area contributed by atoms with Gasteiger partial charge < -0.3 is 70.5 Å². The summed E-state index contributed by atoms with van der Waals surface area (Å²) in [5.74, 6) is 12.3. The number of nitrogens with zero attached hydrogens (tertiary/aromatic N) is 3. The third-order valence-corrected chi connectivity index (χ3v) is 13.3. The molecule has 4 aromatic carbocycles. The van der Waals surface area contributed by atoms with Crippen LogP contribution in [0.2, 0.25) is 5.02 Å². The normalized spacial score (nSPS) is 14.2. The van der Waals surface area contributed by atoms with Crippen molar-refractivity contribution in [3.05, 3.63) is 130 Å². The number of likely N-dealkylation sites (tertiary alicyclic amines) is 1. The third kappa shape index (κ3) is 18.0. The summed E-state index contributed by atoms with van der Waals surface area (Å²) < 4.78 is 70.6. The number of halogens is 4. The van der Waals surface area contributed by atoms with Gasteiger partial charge in [-0.2, -0.15) is 13.2 Å². The van der Waals surface area contributed by atoms with E-state index in [4.69, 9.17) is 46.9 Å². The molecule has 0 radical (unpaired) electrons. The zero-order chi connectivity index (χ0) is 56.3. The van der Waals surface area contributed by atoms with Gasteiger partial charge >= 0.3 is 6.18 Å². The van der Waals surface area contributed by atoms with E-state index in [-0.39, 0.29) is 55.6 Å². The molecule has 9 N–H and O–H groups in total. The highest BCUT2D eigenvalue weighted by atomic mass is 35.5. The van der Waals surface area contributed by atoms with Crippen molar-refractivity contribution in [2.24, 2.45) is 11.6 Å². The fraction of sp³-hybridized carbons (Fsp3) is 0.386. The second-order valence-corrected chi connectivity index (χ2v) is 19.3. The number of methoxy groups -OCH3 is 1. The summed E-state index contributed by atoms with van der Waals surface area (Å²) in [7, 11) is 3.55. The SMILES string of the molecule is COc1cc(C(=O)NCCOCCOCCOCCN(N)/C=C(\N)COc2ccc(NC(=O)c3ccc(NC4=C(C)C(=O)CC4)c(Cl)c3)cc2)ccc1NCC#Cc1cc2c(NC3CCN(C)CC3)cccc2n1CC(F)(F)F. The van der Waals surface area contributed by atoms with Crippen LogP contribution in [0.3, 0.4) is 0 Å². The van der Waals surface area contributed by atoms with Crippen molar-refractivity contribution in [3.63, 3.8) is 0 Å². The molecule has 2 amide bonds. The van der Waals surface area contributed by atoms with Gasteiger partial charge in [-0.25, -0.2) is 5.84 Å². The quantitative estimate of drug-likeness (QED) is 0.0115. The van der Waals surface area contributed by atoms with Crippen LogP contribution in [-0.4, -0.2) is 137 Å². The van der Waals surface area contributed by atoms with Gasteiger partial charge in [0.05, 0.1) is 93.1 Å². The van der Waals surface area contributed by atoms with Crippen LogP contribution in [0.25, 0.3) is 10.9 Å². The number of anilines is 4. The number of alkyl halides is 3. The molecule has 0 unspecified atom stereocenters. The number of aromatic nitrogens is 1. The van der Waals surface area contributed by atoms with Gasteiger partial charge in [-0.05, 0) is 131 Å². The number of Topliss-reactive ketones (excluding diaryl/α,β-unsaturated/α-hetero) is 1. The van der Waals surface area contributed by atoms with Crippen LogP contribution < -0.4 is 47.6 Å². The predicted molar refractivity (Wildman–Crippen MR) is 300 cm³/mol. The monoisotopic (exact) mass is 1110 g/mol. The summed E-state index contributed by atoms with van der Waals surface area (Å²) in [4.78, 5) is 40.0. The summed E-state index contributed by atoms with van der Waals surface area (Å²) in [6.45, 7) is 5.22. The Morgan fingerprint density at radius 3 is 2.25 bits per heavy atom. The smallest absolute Gasteiger partial charge is 0.406 e. The Hall–Kier alpha value is -7.45. The molecular weight excluding hydrogens is 1050 g/mol.